The number of hydrogen-bond donors (Lipinski definition) is 1. The molecule has 1 unspecified atom stereocenters. The number of rotatable bonds is 9. The topological polar surface area (TPSA) is 50.8 Å². The number of benzene rings is 2. The second-order valence-corrected chi connectivity index (χ2v) is 7.53. The Kier molecular flexibility index (Phi) is 10.4. The molecule has 2 aromatic rings. The molecule has 1 amide bonds. The Balaban J connectivity index is 0.00000320. The number of nitrogens with zero attached hydrogens (tertiary/aromatic N) is 1. The number of amides is 1. The molecule has 164 valence electrons. The standard InChI is InChI=1S/C23H29ClN2O3.ClH/c1-2-3-13-29-19-8-6-7-18(16-19)23(27)25-17-22(26-11-14-28-15-12-26)20-9-4-5-10-21(20)24;/h4-10,16,22H,2-3,11-15,17H2,1H3,(H,25,27);1H. The van der Waals surface area contributed by atoms with Gasteiger partial charge in [0.05, 0.1) is 25.9 Å². The average molecular weight is 453 g/mol. The van der Waals surface area contributed by atoms with Gasteiger partial charge in [0.2, 0.25) is 0 Å². The third-order valence-corrected chi connectivity index (χ3v) is 5.41. The number of nitrogens with one attached hydrogen (secondary N) is 1. The fourth-order valence-corrected chi connectivity index (χ4v) is 3.68. The summed E-state index contributed by atoms with van der Waals surface area (Å²) in [6, 6.07) is 15.2. The Morgan fingerprint density at radius 1 is 1.20 bits per heavy atom. The van der Waals surface area contributed by atoms with Crippen LogP contribution in [0.2, 0.25) is 5.02 Å². The molecule has 1 atom stereocenters. The van der Waals surface area contributed by atoms with E-state index in [4.69, 9.17) is 21.1 Å². The Hall–Kier alpha value is -1.79. The van der Waals surface area contributed by atoms with Gasteiger partial charge in [0.15, 0.2) is 0 Å². The molecule has 5 nitrogen and oxygen atoms in total. The molecule has 1 fully saturated rings. The predicted molar refractivity (Wildman–Crippen MR) is 123 cm³/mol. The average Bonchev–Trinajstić information content (AvgIpc) is 2.76. The summed E-state index contributed by atoms with van der Waals surface area (Å²) in [5.41, 5.74) is 1.62. The van der Waals surface area contributed by atoms with Crippen LogP contribution in [0.15, 0.2) is 48.5 Å². The molecule has 1 N–H and O–H groups in total. The van der Waals surface area contributed by atoms with Crippen LogP contribution in [-0.2, 0) is 4.74 Å². The molecule has 0 aliphatic carbocycles. The van der Waals surface area contributed by atoms with Crippen LogP contribution in [0, 0.1) is 0 Å². The third kappa shape index (κ3) is 6.88. The second kappa shape index (κ2) is 12.8. The van der Waals surface area contributed by atoms with E-state index in [0.717, 1.165) is 37.2 Å². The van der Waals surface area contributed by atoms with Crippen molar-refractivity contribution in [3.8, 4) is 5.75 Å². The highest BCUT2D eigenvalue weighted by atomic mass is 35.5. The summed E-state index contributed by atoms with van der Waals surface area (Å²) >= 11 is 6.46. The van der Waals surface area contributed by atoms with Crippen molar-refractivity contribution in [1.29, 1.82) is 0 Å². The monoisotopic (exact) mass is 452 g/mol. The minimum absolute atomic E-state index is 0. The molecule has 2 aromatic carbocycles. The predicted octanol–water partition coefficient (Wildman–Crippen LogP) is 4.74. The first-order chi connectivity index (χ1) is 14.2. The number of unbranched alkanes of at least 4 members (excludes halogenated alkanes) is 1. The molecule has 0 saturated carbocycles. The maximum Gasteiger partial charge on any atom is 0.251 e. The summed E-state index contributed by atoms with van der Waals surface area (Å²) in [5.74, 6) is 0.609. The van der Waals surface area contributed by atoms with Gasteiger partial charge >= 0.3 is 0 Å². The zero-order valence-corrected chi connectivity index (χ0v) is 18.9. The minimum atomic E-state index is -0.115. The van der Waals surface area contributed by atoms with Gasteiger partial charge in [0, 0.05) is 30.2 Å². The first-order valence-corrected chi connectivity index (χ1v) is 10.6. The molecule has 1 saturated heterocycles. The summed E-state index contributed by atoms with van der Waals surface area (Å²) < 4.78 is 11.2. The largest absolute Gasteiger partial charge is 0.494 e. The van der Waals surface area contributed by atoms with Crippen molar-refractivity contribution in [2.75, 3.05) is 39.5 Å². The lowest BCUT2D eigenvalue weighted by atomic mass is 10.0. The fraction of sp³-hybridized carbons (Fsp3) is 0.435. The molecule has 30 heavy (non-hydrogen) atoms. The molecule has 0 bridgehead atoms. The van der Waals surface area contributed by atoms with Crippen LogP contribution < -0.4 is 10.1 Å². The van der Waals surface area contributed by atoms with Gasteiger partial charge in [-0.15, -0.1) is 12.4 Å². The van der Waals surface area contributed by atoms with E-state index in [1.54, 1.807) is 12.1 Å². The van der Waals surface area contributed by atoms with Gasteiger partial charge in [0.1, 0.15) is 5.75 Å². The Bertz CT molecular complexity index is 798. The van der Waals surface area contributed by atoms with Crippen molar-refractivity contribution in [3.05, 3.63) is 64.7 Å². The second-order valence-electron chi connectivity index (χ2n) is 7.13. The number of hydrogen-bond acceptors (Lipinski definition) is 4. The Morgan fingerprint density at radius 2 is 1.97 bits per heavy atom. The summed E-state index contributed by atoms with van der Waals surface area (Å²) in [6.45, 7) is 6.25. The molecular formula is C23H30Cl2N2O3. The number of carbonyl (C=O) groups is 1. The van der Waals surface area contributed by atoms with Crippen LogP contribution in [0.1, 0.15) is 41.7 Å². The van der Waals surface area contributed by atoms with Gasteiger partial charge in [-0.05, 0) is 36.2 Å². The zero-order chi connectivity index (χ0) is 20.5. The van der Waals surface area contributed by atoms with E-state index in [-0.39, 0.29) is 24.4 Å². The number of ether oxygens (including phenoxy) is 2. The van der Waals surface area contributed by atoms with Gasteiger partial charge in [-0.3, -0.25) is 9.69 Å². The van der Waals surface area contributed by atoms with Gasteiger partial charge in [-0.2, -0.15) is 0 Å². The molecule has 0 radical (unpaired) electrons. The van der Waals surface area contributed by atoms with Crippen molar-refractivity contribution >= 4 is 29.9 Å². The van der Waals surface area contributed by atoms with Crippen molar-refractivity contribution in [1.82, 2.24) is 10.2 Å². The quantitative estimate of drug-likeness (QED) is 0.557. The van der Waals surface area contributed by atoms with E-state index in [0.29, 0.717) is 37.0 Å². The highest BCUT2D eigenvalue weighted by Gasteiger charge is 2.25. The first kappa shape index (κ1) is 24.5. The van der Waals surface area contributed by atoms with Gasteiger partial charge in [-0.25, -0.2) is 0 Å². The third-order valence-electron chi connectivity index (χ3n) is 5.07. The van der Waals surface area contributed by atoms with Crippen molar-refractivity contribution in [2.24, 2.45) is 0 Å². The van der Waals surface area contributed by atoms with E-state index in [1.165, 1.54) is 0 Å². The molecule has 3 rings (SSSR count). The van der Waals surface area contributed by atoms with Crippen LogP contribution in [-0.4, -0.2) is 50.3 Å². The van der Waals surface area contributed by atoms with Crippen LogP contribution in [0.3, 0.4) is 0 Å². The van der Waals surface area contributed by atoms with Crippen LogP contribution in [0.5, 0.6) is 5.75 Å². The normalized spacial score (nSPS) is 15.1. The maximum absolute atomic E-state index is 12.8. The molecule has 0 aromatic heterocycles. The molecule has 7 heteroatoms. The number of carbonyl (C=O) groups excluding carboxylic acids is 1. The van der Waals surface area contributed by atoms with Crippen LogP contribution >= 0.6 is 24.0 Å². The number of morpholine rings is 1. The lowest BCUT2D eigenvalue weighted by molar-refractivity contribution is 0.0162. The van der Waals surface area contributed by atoms with Crippen LogP contribution in [0.25, 0.3) is 0 Å². The first-order valence-electron chi connectivity index (χ1n) is 10.3. The SMILES string of the molecule is CCCCOc1cccc(C(=O)NCC(c2ccccc2Cl)N2CCOCC2)c1.Cl. The van der Waals surface area contributed by atoms with E-state index in [1.807, 2.05) is 36.4 Å². The minimum Gasteiger partial charge on any atom is -0.494 e. The molecule has 1 heterocycles. The number of halogens is 2. The van der Waals surface area contributed by atoms with Crippen molar-refractivity contribution < 1.29 is 14.3 Å². The van der Waals surface area contributed by atoms with E-state index in [9.17, 15) is 4.79 Å². The van der Waals surface area contributed by atoms with E-state index in [2.05, 4.69) is 17.1 Å². The lowest BCUT2D eigenvalue weighted by Crippen LogP contribution is -2.44. The van der Waals surface area contributed by atoms with E-state index >= 15 is 0 Å². The summed E-state index contributed by atoms with van der Waals surface area (Å²) in [6.07, 6.45) is 2.07. The Labute approximate surface area is 190 Å². The molecule has 0 spiro atoms. The highest BCUT2D eigenvalue weighted by Crippen LogP contribution is 2.28. The lowest BCUT2D eigenvalue weighted by Gasteiger charge is -2.35. The maximum atomic E-state index is 12.8. The highest BCUT2D eigenvalue weighted by molar-refractivity contribution is 6.31. The summed E-state index contributed by atoms with van der Waals surface area (Å²) in [7, 11) is 0. The Morgan fingerprint density at radius 3 is 2.70 bits per heavy atom. The van der Waals surface area contributed by atoms with Crippen LogP contribution in [0.4, 0.5) is 0 Å². The fourth-order valence-electron chi connectivity index (χ4n) is 3.42. The van der Waals surface area contributed by atoms with Gasteiger partial charge < -0.3 is 14.8 Å². The van der Waals surface area contributed by atoms with E-state index < -0.39 is 0 Å². The zero-order valence-electron chi connectivity index (χ0n) is 17.3. The molecule has 1 aliphatic heterocycles. The summed E-state index contributed by atoms with van der Waals surface area (Å²) in [5, 5.41) is 3.79. The van der Waals surface area contributed by atoms with Gasteiger partial charge in [0.25, 0.3) is 5.91 Å². The van der Waals surface area contributed by atoms with Crippen molar-refractivity contribution in [2.45, 2.75) is 25.8 Å². The van der Waals surface area contributed by atoms with Gasteiger partial charge in [-0.1, -0.05) is 49.2 Å². The smallest absolute Gasteiger partial charge is 0.251 e. The van der Waals surface area contributed by atoms with Crippen molar-refractivity contribution in [3.63, 3.8) is 0 Å². The summed E-state index contributed by atoms with van der Waals surface area (Å²) in [4.78, 5) is 15.1. The molecular weight excluding hydrogens is 423 g/mol. The molecule has 1 aliphatic rings.